The van der Waals surface area contributed by atoms with Crippen LogP contribution in [0.1, 0.15) is 48.0 Å². The van der Waals surface area contributed by atoms with Gasteiger partial charge in [-0.2, -0.15) is 0 Å². The summed E-state index contributed by atoms with van der Waals surface area (Å²) in [6.45, 7) is 5.95. The van der Waals surface area contributed by atoms with Crippen LogP contribution in [0.15, 0.2) is 24.3 Å². The summed E-state index contributed by atoms with van der Waals surface area (Å²) in [4.78, 5) is 16.7. The van der Waals surface area contributed by atoms with Gasteiger partial charge in [0.2, 0.25) is 0 Å². The lowest BCUT2D eigenvalue weighted by molar-refractivity contribution is 0.0600. The van der Waals surface area contributed by atoms with Crippen LogP contribution in [0.3, 0.4) is 0 Å². The van der Waals surface area contributed by atoms with Crippen LogP contribution < -0.4 is 0 Å². The SMILES string of the molecule is COC(=O)c1ccc(CN2CCC(N3CCCCC3)CC2)cc1. The number of ether oxygens (including phenoxy) is 1. The van der Waals surface area contributed by atoms with E-state index >= 15 is 0 Å². The van der Waals surface area contributed by atoms with Crippen molar-refractivity contribution < 1.29 is 9.53 Å². The molecule has 3 rings (SSSR count). The molecule has 2 aliphatic heterocycles. The molecule has 0 radical (unpaired) electrons. The van der Waals surface area contributed by atoms with E-state index in [9.17, 15) is 4.79 Å². The average Bonchev–Trinajstić information content (AvgIpc) is 2.63. The number of hydrogen-bond acceptors (Lipinski definition) is 4. The second-order valence-corrected chi connectivity index (χ2v) is 6.79. The Balaban J connectivity index is 1.47. The van der Waals surface area contributed by atoms with E-state index < -0.39 is 0 Å². The van der Waals surface area contributed by atoms with Crippen molar-refractivity contribution in [3.63, 3.8) is 0 Å². The lowest BCUT2D eigenvalue weighted by Gasteiger charge is -2.40. The third-order valence-corrected chi connectivity index (χ3v) is 5.25. The molecule has 0 aliphatic carbocycles. The Bertz CT molecular complexity index is 501. The maximum absolute atomic E-state index is 11.5. The summed E-state index contributed by atoms with van der Waals surface area (Å²) in [6.07, 6.45) is 6.76. The lowest BCUT2D eigenvalue weighted by atomic mass is 9.99. The molecule has 0 aromatic heterocycles. The topological polar surface area (TPSA) is 32.8 Å². The maximum atomic E-state index is 11.5. The van der Waals surface area contributed by atoms with Crippen molar-refractivity contribution in [2.24, 2.45) is 0 Å². The van der Waals surface area contributed by atoms with Crippen molar-refractivity contribution in [3.8, 4) is 0 Å². The number of rotatable bonds is 4. The number of likely N-dealkylation sites (tertiary alicyclic amines) is 2. The molecule has 2 aliphatic rings. The zero-order valence-electron chi connectivity index (χ0n) is 14.2. The second-order valence-electron chi connectivity index (χ2n) is 6.79. The number of benzene rings is 1. The fourth-order valence-electron chi connectivity index (χ4n) is 3.85. The second kappa shape index (κ2) is 7.93. The van der Waals surface area contributed by atoms with Crippen molar-refractivity contribution >= 4 is 5.97 Å². The Labute approximate surface area is 139 Å². The minimum atomic E-state index is -0.265. The molecule has 0 saturated carbocycles. The highest BCUT2D eigenvalue weighted by atomic mass is 16.5. The van der Waals surface area contributed by atoms with Gasteiger partial charge in [0.15, 0.2) is 0 Å². The number of esters is 1. The van der Waals surface area contributed by atoms with Crippen LogP contribution in [0, 0.1) is 0 Å². The minimum Gasteiger partial charge on any atom is -0.465 e. The van der Waals surface area contributed by atoms with Crippen LogP contribution in [0.4, 0.5) is 0 Å². The van der Waals surface area contributed by atoms with Gasteiger partial charge in [0, 0.05) is 12.6 Å². The average molecular weight is 316 g/mol. The van der Waals surface area contributed by atoms with Gasteiger partial charge < -0.3 is 9.64 Å². The van der Waals surface area contributed by atoms with Gasteiger partial charge >= 0.3 is 5.97 Å². The van der Waals surface area contributed by atoms with Crippen molar-refractivity contribution in [2.75, 3.05) is 33.3 Å². The molecule has 0 N–H and O–H groups in total. The maximum Gasteiger partial charge on any atom is 0.337 e. The highest BCUT2D eigenvalue weighted by Crippen LogP contribution is 2.22. The first kappa shape index (κ1) is 16.5. The van der Waals surface area contributed by atoms with Crippen LogP contribution >= 0.6 is 0 Å². The van der Waals surface area contributed by atoms with Crippen molar-refractivity contribution in [1.29, 1.82) is 0 Å². The van der Waals surface area contributed by atoms with Crippen LogP contribution in [0.5, 0.6) is 0 Å². The predicted octanol–water partition coefficient (Wildman–Crippen LogP) is 2.92. The van der Waals surface area contributed by atoms with Gasteiger partial charge in [-0.3, -0.25) is 4.90 Å². The smallest absolute Gasteiger partial charge is 0.337 e. The molecule has 0 spiro atoms. The van der Waals surface area contributed by atoms with Crippen LogP contribution in [-0.4, -0.2) is 55.1 Å². The van der Waals surface area contributed by atoms with Gasteiger partial charge in [0.05, 0.1) is 12.7 Å². The van der Waals surface area contributed by atoms with E-state index in [0.29, 0.717) is 5.56 Å². The molecule has 4 heteroatoms. The molecule has 0 unspecified atom stereocenters. The quantitative estimate of drug-likeness (QED) is 0.800. The van der Waals surface area contributed by atoms with E-state index in [2.05, 4.69) is 9.80 Å². The first-order valence-electron chi connectivity index (χ1n) is 8.90. The highest BCUT2D eigenvalue weighted by molar-refractivity contribution is 5.89. The van der Waals surface area contributed by atoms with E-state index in [0.717, 1.165) is 12.6 Å². The van der Waals surface area contributed by atoms with Crippen LogP contribution in [0.2, 0.25) is 0 Å². The first-order valence-corrected chi connectivity index (χ1v) is 8.90. The van der Waals surface area contributed by atoms with Crippen molar-refractivity contribution in [3.05, 3.63) is 35.4 Å². The molecule has 126 valence electrons. The molecule has 2 fully saturated rings. The van der Waals surface area contributed by atoms with Crippen molar-refractivity contribution in [1.82, 2.24) is 9.80 Å². The molecule has 4 nitrogen and oxygen atoms in total. The van der Waals surface area contributed by atoms with Crippen LogP contribution in [-0.2, 0) is 11.3 Å². The summed E-state index contributed by atoms with van der Waals surface area (Å²) in [5.74, 6) is -0.265. The summed E-state index contributed by atoms with van der Waals surface area (Å²) in [5, 5.41) is 0. The summed E-state index contributed by atoms with van der Waals surface area (Å²) in [6, 6.07) is 8.61. The molecule has 1 aromatic rings. The minimum absolute atomic E-state index is 0.265. The van der Waals surface area contributed by atoms with E-state index in [-0.39, 0.29) is 5.97 Å². The Morgan fingerprint density at radius 2 is 1.70 bits per heavy atom. The predicted molar refractivity (Wildman–Crippen MR) is 91.5 cm³/mol. The number of carbonyl (C=O) groups is 1. The summed E-state index contributed by atoms with van der Waals surface area (Å²) in [7, 11) is 1.42. The van der Waals surface area contributed by atoms with Gasteiger partial charge in [-0.15, -0.1) is 0 Å². The molecule has 23 heavy (non-hydrogen) atoms. The lowest BCUT2D eigenvalue weighted by Crippen LogP contribution is -2.46. The van der Waals surface area contributed by atoms with Gasteiger partial charge in [-0.25, -0.2) is 4.79 Å². The highest BCUT2D eigenvalue weighted by Gasteiger charge is 2.25. The molecule has 0 bridgehead atoms. The third kappa shape index (κ3) is 4.33. The van der Waals surface area contributed by atoms with Gasteiger partial charge in [0.1, 0.15) is 0 Å². The van der Waals surface area contributed by atoms with E-state index in [1.807, 2.05) is 24.3 Å². The van der Waals surface area contributed by atoms with E-state index in [1.54, 1.807) is 0 Å². The fourth-order valence-corrected chi connectivity index (χ4v) is 3.85. The fraction of sp³-hybridized carbons (Fsp3) is 0.632. The molecule has 2 saturated heterocycles. The van der Waals surface area contributed by atoms with E-state index in [4.69, 9.17) is 4.74 Å². The summed E-state index contributed by atoms with van der Waals surface area (Å²) in [5.41, 5.74) is 1.90. The zero-order chi connectivity index (χ0) is 16.1. The third-order valence-electron chi connectivity index (χ3n) is 5.25. The molecular formula is C19H28N2O2. The molecule has 0 atom stereocenters. The Hall–Kier alpha value is -1.39. The Morgan fingerprint density at radius 1 is 1.04 bits per heavy atom. The van der Waals surface area contributed by atoms with E-state index in [1.165, 1.54) is 71.0 Å². The zero-order valence-corrected chi connectivity index (χ0v) is 14.2. The largest absolute Gasteiger partial charge is 0.465 e. The van der Waals surface area contributed by atoms with Gasteiger partial charge in [-0.05, 0) is 69.6 Å². The normalized spacial score (nSPS) is 21.3. The molecule has 2 heterocycles. The number of nitrogens with zero attached hydrogens (tertiary/aromatic N) is 2. The Kier molecular flexibility index (Phi) is 5.68. The molecule has 0 amide bonds. The number of hydrogen-bond donors (Lipinski definition) is 0. The van der Waals surface area contributed by atoms with Crippen LogP contribution in [0.25, 0.3) is 0 Å². The van der Waals surface area contributed by atoms with Crippen molar-refractivity contribution in [2.45, 2.75) is 44.7 Å². The molecule has 1 aromatic carbocycles. The summed E-state index contributed by atoms with van der Waals surface area (Å²) < 4.78 is 4.74. The van der Waals surface area contributed by atoms with Gasteiger partial charge in [0.25, 0.3) is 0 Å². The molecular weight excluding hydrogens is 288 g/mol. The number of methoxy groups -OCH3 is 1. The monoisotopic (exact) mass is 316 g/mol. The number of piperidine rings is 2. The standard InChI is InChI=1S/C19H28N2O2/c1-23-19(22)17-7-5-16(6-8-17)15-20-13-9-18(10-14-20)21-11-3-2-4-12-21/h5-8,18H,2-4,9-15H2,1H3. The first-order chi connectivity index (χ1) is 11.3. The summed E-state index contributed by atoms with van der Waals surface area (Å²) >= 11 is 0. The Morgan fingerprint density at radius 3 is 2.30 bits per heavy atom. The number of carbonyl (C=O) groups excluding carboxylic acids is 1. The van der Waals surface area contributed by atoms with Gasteiger partial charge in [-0.1, -0.05) is 18.6 Å².